The van der Waals surface area contributed by atoms with E-state index in [1.165, 1.54) is 14.0 Å². The predicted octanol–water partition coefficient (Wildman–Crippen LogP) is 2.26. The zero-order valence-corrected chi connectivity index (χ0v) is 11.5. The molecule has 1 aliphatic rings. The molecular weight excluding hydrogens is 262 g/mol. The second-order valence-electron chi connectivity index (χ2n) is 4.42. The van der Waals surface area contributed by atoms with Gasteiger partial charge in [-0.15, -0.1) is 4.91 Å². The molecule has 0 aliphatic carbocycles. The molecule has 7 heteroatoms. The zero-order valence-electron chi connectivity index (χ0n) is 11.5. The quantitative estimate of drug-likeness (QED) is 0.395. The van der Waals surface area contributed by atoms with Crippen molar-refractivity contribution in [2.45, 2.75) is 19.4 Å². The van der Waals surface area contributed by atoms with Crippen molar-refractivity contribution in [1.29, 1.82) is 0 Å². The van der Waals surface area contributed by atoms with Gasteiger partial charge in [-0.2, -0.15) is 0 Å². The molecular formula is C13H17N3O4. The molecule has 2 rings (SSSR count). The van der Waals surface area contributed by atoms with Gasteiger partial charge in [-0.05, 0) is 12.1 Å². The lowest BCUT2D eigenvalue weighted by atomic mass is 10.2. The van der Waals surface area contributed by atoms with Crippen LogP contribution in [0.1, 0.15) is 13.3 Å². The topological polar surface area (TPSA) is 95.5 Å². The van der Waals surface area contributed by atoms with Crippen LogP contribution in [0.3, 0.4) is 0 Å². The number of nitroso groups, excluding NO2 is 1. The molecule has 0 spiro atoms. The molecule has 1 saturated heterocycles. The van der Waals surface area contributed by atoms with E-state index >= 15 is 0 Å². The number of rotatable bonds is 4. The standard InChI is InChI=1S/C13H17N3O4/c1-8(16-17)15-11-6-12(18-2)13(5-10(11)14)20-9-3-4-19-7-9/h5-6,9H,3-4,7,14H2,1-2H3/b15-8-. The fourth-order valence-electron chi connectivity index (χ4n) is 1.89. The second kappa shape index (κ2) is 6.33. The van der Waals surface area contributed by atoms with Gasteiger partial charge in [0.15, 0.2) is 17.3 Å². The largest absolute Gasteiger partial charge is 0.493 e. The van der Waals surface area contributed by atoms with E-state index in [1.807, 2.05) is 0 Å². The number of methoxy groups -OCH3 is 1. The van der Waals surface area contributed by atoms with Gasteiger partial charge in [-0.25, -0.2) is 4.99 Å². The van der Waals surface area contributed by atoms with Crippen molar-refractivity contribution >= 4 is 17.2 Å². The third kappa shape index (κ3) is 3.24. The van der Waals surface area contributed by atoms with Crippen LogP contribution in [0.15, 0.2) is 22.3 Å². The molecule has 0 bridgehead atoms. The van der Waals surface area contributed by atoms with Crippen molar-refractivity contribution < 1.29 is 14.2 Å². The maximum Gasteiger partial charge on any atom is 0.170 e. The zero-order chi connectivity index (χ0) is 14.5. The summed E-state index contributed by atoms with van der Waals surface area (Å²) in [6.45, 7) is 2.74. The van der Waals surface area contributed by atoms with Crippen molar-refractivity contribution in [2.24, 2.45) is 10.2 Å². The van der Waals surface area contributed by atoms with Gasteiger partial charge in [0.05, 0.1) is 31.7 Å². The molecule has 0 amide bonds. The van der Waals surface area contributed by atoms with Gasteiger partial charge < -0.3 is 19.9 Å². The summed E-state index contributed by atoms with van der Waals surface area (Å²) in [4.78, 5) is 14.4. The van der Waals surface area contributed by atoms with Crippen LogP contribution in [0.25, 0.3) is 0 Å². The minimum atomic E-state index is -0.00368. The Morgan fingerprint density at radius 3 is 2.85 bits per heavy atom. The van der Waals surface area contributed by atoms with E-state index < -0.39 is 0 Å². The van der Waals surface area contributed by atoms with Gasteiger partial charge in [-0.3, -0.25) is 0 Å². The number of anilines is 1. The van der Waals surface area contributed by atoms with E-state index in [9.17, 15) is 4.91 Å². The third-order valence-corrected chi connectivity index (χ3v) is 2.91. The average molecular weight is 279 g/mol. The number of amidine groups is 1. The first-order valence-corrected chi connectivity index (χ1v) is 6.24. The van der Waals surface area contributed by atoms with Gasteiger partial charge in [0, 0.05) is 18.6 Å². The fraction of sp³-hybridized carbons (Fsp3) is 0.462. The summed E-state index contributed by atoms with van der Waals surface area (Å²) >= 11 is 0. The molecule has 1 atom stereocenters. The molecule has 1 aromatic carbocycles. The molecule has 2 N–H and O–H groups in total. The van der Waals surface area contributed by atoms with E-state index in [0.717, 1.165) is 6.42 Å². The molecule has 1 aliphatic heterocycles. The number of nitrogen functional groups attached to an aromatic ring is 1. The highest BCUT2D eigenvalue weighted by atomic mass is 16.6. The van der Waals surface area contributed by atoms with E-state index in [1.54, 1.807) is 12.1 Å². The molecule has 108 valence electrons. The van der Waals surface area contributed by atoms with Crippen molar-refractivity contribution in [3.05, 3.63) is 17.0 Å². The first kappa shape index (κ1) is 14.3. The minimum Gasteiger partial charge on any atom is -0.493 e. The number of ether oxygens (including phenoxy) is 3. The maximum atomic E-state index is 10.4. The molecule has 0 saturated carbocycles. The summed E-state index contributed by atoms with van der Waals surface area (Å²) in [5, 5.41) is 2.74. The molecule has 1 unspecified atom stereocenters. The number of hydrogen-bond donors (Lipinski definition) is 1. The van der Waals surface area contributed by atoms with Crippen LogP contribution >= 0.6 is 0 Å². The van der Waals surface area contributed by atoms with Crippen LogP contribution in [-0.4, -0.2) is 32.3 Å². The van der Waals surface area contributed by atoms with Crippen molar-refractivity contribution in [1.82, 2.24) is 0 Å². The summed E-state index contributed by atoms with van der Waals surface area (Å²) in [7, 11) is 1.53. The van der Waals surface area contributed by atoms with Crippen LogP contribution in [-0.2, 0) is 4.74 Å². The van der Waals surface area contributed by atoms with E-state index in [-0.39, 0.29) is 11.9 Å². The Balaban J connectivity index is 2.29. The van der Waals surface area contributed by atoms with Crippen LogP contribution in [0.2, 0.25) is 0 Å². The fourth-order valence-corrected chi connectivity index (χ4v) is 1.89. The van der Waals surface area contributed by atoms with E-state index in [4.69, 9.17) is 19.9 Å². The molecule has 7 nitrogen and oxygen atoms in total. The van der Waals surface area contributed by atoms with Crippen LogP contribution in [0, 0.1) is 4.91 Å². The first-order chi connectivity index (χ1) is 9.63. The Hall–Kier alpha value is -2.15. The summed E-state index contributed by atoms with van der Waals surface area (Å²) < 4.78 is 16.3. The van der Waals surface area contributed by atoms with Gasteiger partial charge in [-0.1, -0.05) is 0 Å². The summed E-state index contributed by atoms with van der Waals surface area (Å²) in [5.41, 5.74) is 6.72. The van der Waals surface area contributed by atoms with Gasteiger partial charge in [0.25, 0.3) is 0 Å². The Morgan fingerprint density at radius 2 is 2.25 bits per heavy atom. The highest BCUT2D eigenvalue weighted by molar-refractivity contribution is 5.85. The molecule has 0 aromatic heterocycles. The van der Waals surface area contributed by atoms with Gasteiger partial charge in [0.2, 0.25) is 0 Å². The van der Waals surface area contributed by atoms with Gasteiger partial charge in [0.1, 0.15) is 6.10 Å². The Kier molecular flexibility index (Phi) is 4.52. The lowest BCUT2D eigenvalue weighted by molar-refractivity contribution is 0.139. The third-order valence-electron chi connectivity index (χ3n) is 2.91. The van der Waals surface area contributed by atoms with Crippen LogP contribution in [0.5, 0.6) is 11.5 Å². The van der Waals surface area contributed by atoms with Crippen LogP contribution < -0.4 is 15.2 Å². The summed E-state index contributed by atoms with van der Waals surface area (Å²) in [6, 6.07) is 3.25. The van der Waals surface area contributed by atoms with Gasteiger partial charge >= 0.3 is 0 Å². The second-order valence-corrected chi connectivity index (χ2v) is 4.42. The predicted molar refractivity (Wildman–Crippen MR) is 75.8 cm³/mol. The smallest absolute Gasteiger partial charge is 0.170 e. The SMILES string of the molecule is COc1cc(/N=C(/C)N=O)c(N)cc1OC1CCOC1. The Morgan fingerprint density at radius 1 is 1.45 bits per heavy atom. The minimum absolute atomic E-state index is 0.00368. The molecule has 0 radical (unpaired) electrons. The number of nitrogens with two attached hydrogens (primary N) is 1. The Labute approximate surface area is 116 Å². The van der Waals surface area contributed by atoms with E-state index in [0.29, 0.717) is 36.1 Å². The molecule has 1 heterocycles. The summed E-state index contributed by atoms with van der Waals surface area (Å²) in [6.07, 6.45) is 0.827. The number of nitrogens with zero attached hydrogens (tertiary/aromatic N) is 2. The molecule has 20 heavy (non-hydrogen) atoms. The highest BCUT2D eigenvalue weighted by Crippen LogP contribution is 2.37. The van der Waals surface area contributed by atoms with E-state index in [2.05, 4.69) is 10.2 Å². The molecule has 1 aromatic rings. The average Bonchev–Trinajstić information content (AvgIpc) is 2.94. The Bertz CT molecular complexity index is 525. The normalized spacial score (nSPS) is 18.9. The van der Waals surface area contributed by atoms with Crippen LogP contribution in [0.4, 0.5) is 11.4 Å². The lowest BCUT2D eigenvalue weighted by Crippen LogP contribution is -2.16. The van der Waals surface area contributed by atoms with Crippen molar-refractivity contribution in [3.63, 3.8) is 0 Å². The lowest BCUT2D eigenvalue weighted by Gasteiger charge is -2.16. The van der Waals surface area contributed by atoms with Crippen molar-refractivity contribution in [2.75, 3.05) is 26.1 Å². The molecule has 1 fully saturated rings. The summed E-state index contributed by atoms with van der Waals surface area (Å²) in [5.74, 6) is 1.14. The number of hydrogen-bond acceptors (Lipinski definition) is 6. The number of benzene rings is 1. The maximum absolute atomic E-state index is 10.4. The first-order valence-electron chi connectivity index (χ1n) is 6.24. The van der Waals surface area contributed by atoms with Crippen molar-refractivity contribution in [3.8, 4) is 11.5 Å². The highest BCUT2D eigenvalue weighted by Gasteiger charge is 2.20. The monoisotopic (exact) mass is 279 g/mol. The number of aliphatic imine (C=N–C) groups is 1.